The molecule has 0 bridgehead atoms. The van der Waals surface area contributed by atoms with Crippen LogP contribution in [0.3, 0.4) is 0 Å². The van der Waals surface area contributed by atoms with E-state index < -0.39 is 0 Å². The van der Waals surface area contributed by atoms with E-state index in [0.717, 1.165) is 32.3 Å². The second kappa shape index (κ2) is 6.40. The zero-order valence-electron chi connectivity index (χ0n) is 14.4. The maximum Gasteiger partial charge on any atom is 0.242 e. The van der Waals surface area contributed by atoms with Crippen LogP contribution in [0.5, 0.6) is 0 Å². The number of rotatable bonds is 4. The van der Waals surface area contributed by atoms with Crippen LogP contribution in [0.1, 0.15) is 39.5 Å². The molecule has 0 aromatic carbocycles. The van der Waals surface area contributed by atoms with Crippen LogP contribution in [0.25, 0.3) is 0 Å². The molecule has 0 aromatic rings. The summed E-state index contributed by atoms with van der Waals surface area (Å²) in [6.45, 7) is 6.32. The number of likely N-dealkylation sites (N-methyl/N-ethyl adjacent to an activating group) is 1. The lowest BCUT2D eigenvalue weighted by Crippen LogP contribution is -2.67. The Morgan fingerprint density at radius 1 is 1.39 bits per heavy atom. The SMILES string of the molecule is CN(CC(=O)N[C@@H]1CCCCNC1=O)[C@@H]1[C@@H]2CCO[C@H]2C1(C)C. The summed E-state index contributed by atoms with van der Waals surface area (Å²) >= 11 is 0. The Bertz CT molecular complexity index is 480. The van der Waals surface area contributed by atoms with Crippen LogP contribution in [0.2, 0.25) is 0 Å². The summed E-state index contributed by atoms with van der Waals surface area (Å²) in [6.07, 6.45) is 4.09. The Hall–Kier alpha value is -1.14. The van der Waals surface area contributed by atoms with Crippen molar-refractivity contribution in [2.45, 2.75) is 57.7 Å². The van der Waals surface area contributed by atoms with Crippen LogP contribution in [0.4, 0.5) is 0 Å². The first-order valence-corrected chi connectivity index (χ1v) is 8.80. The van der Waals surface area contributed by atoms with Crippen molar-refractivity contribution in [2.24, 2.45) is 11.3 Å². The molecule has 2 heterocycles. The number of nitrogens with zero attached hydrogens (tertiary/aromatic N) is 1. The summed E-state index contributed by atoms with van der Waals surface area (Å²) in [5.74, 6) is 0.420. The van der Waals surface area contributed by atoms with Crippen molar-refractivity contribution in [3.8, 4) is 0 Å². The average Bonchev–Trinajstić information content (AvgIpc) is 2.81. The molecule has 1 aliphatic carbocycles. The topological polar surface area (TPSA) is 70.7 Å². The highest BCUT2D eigenvalue weighted by Crippen LogP contribution is 2.54. The Kier molecular flexibility index (Phi) is 4.65. The van der Waals surface area contributed by atoms with Crippen LogP contribution in [-0.2, 0) is 14.3 Å². The molecule has 23 heavy (non-hydrogen) atoms. The lowest BCUT2D eigenvalue weighted by Gasteiger charge is -2.57. The van der Waals surface area contributed by atoms with E-state index in [-0.39, 0.29) is 23.3 Å². The minimum atomic E-state index is -0.379. The number of fused-ring (bicyclic) bond motifs is 1. The molecule has 2 aliphatic heterocycles. The van der Waals surface area contributed by atoms with E-state index in [1.54, 1.807) is 0 Å². The zero-order chi connectivity index (χ0) is 16.6. The molecule has 2 amide bonds. The quantitative estimate of drug-likeness (QED) is 0.791. The summed E-state index contributed by atoms with van der Waals surface area (Å²) in [4.78, 5) is 26.4. The van der Waals surface area contributed by atoms with Gasteiger partial charge in [0.25, 0.3) is 0 Å². The van der Waals surface area contributed by atoms with E-state index in [9.17, 15) is 9.59 Å². The van der Waals surface area contributed by atoms with Crippen LogP contribution >= 0.6 is 0 Å². The molecule has 0 unspecified atom stereocenters. The first-order chi connectivity index (χ1) is 10.9. The number of ether oxygens (including phenoxy) is 1. The normalized spacial score (nSPS) is 35.9. The Morgan fingerprint density at radius 2 is 2.17 bits per heavy atom. The Balaban J connectivity index is 1.54. The third kappa shape index (κ3) is 3.11. The molecule has 4 atom stereocenters. The predicted molar refractivity (Wildman–Crippen MR) is 86.8 cm³/mol. The van der Waals surface area contributed by atoms with Crippen molar-refractivity contribution in [3.05, 3.63) is 0 Å². The van der Waals surface area contributed by atoms with Crippen molar-refractivity contribution in [1.82, 2.24) is 15.5 Å². The minimum Gasteiger partial charge on any atom is -0.377 e. The molecule has 3 fully saturated rings. The minimum absolute atomic E-state index is 0.0493. The van der Waals surface area contributed by atoms with Gasteiger partial charge in [-0.3, -0.25) is 14.5 Å². The fourth-order valence-electron chi connectivity index (χ4n) is 4.83. The van der Waals surface area contributed by atoms with Gasteiger partial charge in [0, 0.05) is 30.5 Å². The van der Waals surface area contributed by atoms with Crippen LogP contribution in [0.15, 0.2) is 0 Å². The van der Waals surface area contributed by atoms with Gasteiger partial charge in [0.15, 0.2) is 0 Å². The summed E-state index contributed by atoms with van der Waals surface area (Å²) < 4.78 is 5.82. The first-order valence-electron chi connectivity index (χ1n) is 8.80. The lowest BCUT2D eigenvalue weighted by atomic mass is 9.57. The van der Waals surface area contributed by atoms with Gasteiger partial charge in [0.2, 0.25) is 11.8 Å². The van der Waals surface area contributed by atoms with E-state index in [0.29, 0.717) is 31.2 Å². The van der Waals surface area contributed by atoms with Gasteiger partial charge in [-0.2, -0.15) is 0 Å². The molecule has 3 aliphatic rings. The predicted octanol–water partition coefficient (Wildman–Crippen LogP) is 0.517. The van der Waals surface area contributed by atoms with E-state index in [1.165, 1.54) is 0 Å². The fraction of sp³-hybridized carbons (Fsp3) is 0.882. The fourth-order valence-corrected chi connectivity index (χ4v) is 4.83. The van der Waals surface area contributed by atoms with Crippen molar-refractivity contribution >= 4 is 11.8 Å². The average molecular weight is 323 g/mol. The third-order valence-electron chi connectivity index (χ3n) is 5.78. The molecule has 2 saturated heterocycles. The standard InChI is InChI=1S/C17H29N3O3/c1-17(2)14(11-7-9-23-15(11)17)20(3)10-13(21)19-12-6-4-5-8-18-16(12)22/h11-12,14-15H,4-10H2,1-3H3,(H,18,22)(H,19,21)/t11-,12+,14+,15+/m0/s1. The summed E-state index contributed by atoms with van der Waals surface area (Å²) in [5, 5.41) is 5.76. The number of carbonyl (C=O) groups excluding carboxylic acids is 2. The summed E-state index contributed by atoms with van der Waals surface area (Å²) in [6, 6.07) is -0.0147. The number of hydrogen-bond donors (Lipinski definition) is 2. The van der Waals surface area contributed by atoms with E-state index in [1.807, 2.05) is 7.05 Å². The maximum absolute atomic E-state index is 12.4. The molecule has 2 N–H and O–H groups in total. The van der Waals surface area contributed by atoms with Gasteiger partial charge in [-0.05, 0) is 32.7 Å². The van der Waals surface area contributed by atoms with Crippen molar-refractivity contribution < 1.29 is 14.3 Å². The molecule has 0 aromatic heterocycles. The highest BCUT2D eigenvalue weighted by molar-refractivity contribution is 5.88. The number of hydrogen-bond acceptors (Lipinski definition) is 4. The molecule has 0 spiro atoms. The first kappa shape index (κ1) is 16.7. The van der Waals surface area contributed by atoms with Crippen LogP contribution < -0.4 is 10.6 Å². The Morgan fingerprint density at radius 3 is 2.96 bits per heavy atom. The van der Waals surface area contributed by atoms with Gasteiger partial charge < -0.3 is 15.4 Å². The van der Waals surface area contributed by atoms with Gasteiger partial charge in [0.1, 0.15) is 6.04 Å². The second-order valence-electron chi connectivity index (χ2n) is 7.83. The van der Waals surface area contributed by atoms with Gasteiger partial charge >= 0.3 is 0 Å². The number of nitrogens with one attached hydrogen (secondary N) is 2. The second-order valence-corrected chi connectivity index (χ2v) is 7.83. The maximum atomic E-state index is 12.4. The zero-order valence-corrected chi connectivity index (χ0v) is 14.4. The van der Waals surface area contributed by atoms with Gasteiger partial charge in [-0.1, -0.05) is 13.8 Å². The smallest absolute Gasteiger partial charge is 0.242 e. The molecule has 0 radical (unpaired) electrons. The summed E-state index contributed by atoms with van der Waals surface area (Å²) in [5.41, 5.74) is 0.0793. The van der Waals surface area contributed by atoms with Crippen LogP contribution in [-0.4, -0.2) is 61.6 Å². The van der Waals surface area contributed by atoms with Gasteiger partial charge in [-0.15, -0.1) is 0 Å². The molecule has 3 rings (SSSR count). The van der Waals surface area contributed by atoms with Crippen molar-refractivity contribution in [1.29, 1.82) is 0 Å². The molecule has 1 saturated carbocycles. The number of amides is 2. The van der Waals surface area contributed by atoms with E-state index in [4.69, 9.17) is 4.74 Å². The third-order valence-corrected chi connectivity index (χ3v) is 5.78. The monoisotopic (exact) mass is 323 g/mol. The van der Waals surface area contributed by atoms with Crippen LogP contribution in [0, 0.1) is 11.3 Å². The largest absolute Gasteiger partial charge is 0.377 e. The van der Waals surface area contributed by atoms with Gasteiger partial charge in [0.05, 0.1) is 12.6 Å². The molecular formula is C17H29N3O3. The molecule has 6 heteroatoms. The Labute approximate surface area is 138 Å². The highest BCUT2D eigenvalue weighted by Gasteiger charge is 2.60. The number of carbonyl (C=O) groups is 2. The highest BCUT2D eigenvalue weighted by atomic mass is 16.5. The molecule has 130 valence electrons. The van der Waals surface area contributed by atoms with E-state index >= 15 is 0 Å². The summed E-state index contributed by atoms with van der Waals surface area (Å²) in [7, 11) is 2.01. The van der Waals surface area contributed by atoms with Crippen molar-refractivity contribution in [2.75, 3.05) is 26.7 Å². The van der Waals surface area contributed by atoms with Crippen molar-refractivity contribution in [3.63, 3.8) is 0 Å². The molecular weight excluding hydrogens is 294 g/mol. The van der Waals surface area contributed by atoms with E-state index in [2.05, 4.69) is 29.4 Å². The van der Waals surface area contributed by atoms with Gasteiger partial charge in [-0.25, -0.2) is 0 Å². The molecule has 6 nitrogen and oxygen atoms in total. The lowest BCUT2D eigenvalue weighted by molar-refractivity contribution is -0.154.